The van der Waals surface area contributed by atoms with Gasteiger partial charge in [-0.05, 0) is 30.5 Å². The lowest BCUT2D eigenvalue weighted by molar-refractivity contribution is -0.385. The van der Waals surface area contributed by atoms with E-state index in [9.17, 15) is 28.1 Å². The molecule has 0 N–H and O–H groups in total. The van der Waals surface area contributed by atoms with Crippen LogP contribution < -0.4 is 0 Å². The molecule has 1 aromatic carbocycles. The predicted octanol–water partition coefficient (Wildman–Crippen LogP) is 4.11. The van der Waals surface area contributed by atoms with E-state index in [0.717, 1.165) is 6.07 Å². The number of rotatable bonds is 6. The van der Waals surface area contributed by atoms with E-state index in [-0.39, 0.29) is 5.76 Å². The quantitative estimate of drug-likeness (QED) is 0.432. The molecule has 0 aliphatic heterocycles. The second kappa shape index (κ2) is 7.60. The zero-order chi connectivity index (χ0) is 18.6. The predicted molar refractivity (Wildman–Crippen MR) is 84.4 cm³/mol. The standard InChI is InChI=1S/C15H13F3N2O4S/c1-25-11-4-5-13(20(22)23)12(7-11)14(21)19(9-15(16,17)18)8-10-3-2-6-24-10/h2-7H,8-9H2,1H3. The van der Waals surface area contributed by atoms with Crippen molar-refractivity contribution in [3.05, 3.63) is 58.0 Å². The molecule has 0 saturated carbocycles. The van der Waals surface area contributed by atoms with Crippen molar-refractivity contribution < 1.29 is 27.3 Å². The highest BCUT2D eigenvalue weighted by molar-refractivity contribution is 7.98. The third-order valence-corrected chi connectivity index (χ3v) is 3.94. The summed E-state index contributed by atoms with van der Waals surface area (Å²) in [5, 5.41) is 11.1. The van der Waals surface area contributed by atoms with Crippen LogP contribution in [0.25, 0.3) is 0 Å². The second-order valence-electron chi connectivity index (χ2n) is 5.00. The molecule has 10 heteroatoms. The van der Waals surface area contributed by atoms with Gasteiger partial charge in [-0.2, -0.15) is 13.2 Å². The summed E-state index contributed by atoms with van der Waals surface area (Å²) in [6, 6.07) is 6.65. The summed E-state index contributed by atoms with van der Waals surface area (Å²) in [5.74, 6) is -0.947. The van der Waals surface area contributed by atoms with E-state index in [1.54, 1.807) is 6.26 Å². The van der Waals surface area contributed by atoms with Gasteiger partial charge >= 0.3 is 6.18 Å². The van der Waals surface area contributed by atoms with Gasteiger partial charge in [-0.3, -0.25) is 14.9 Å². The van der Waals surface area contributed by atoms with E-state index < -0.39 is 41.3 Å². The molecule has 2 rings (SSSR count). The van der Waals surface area contributed by atoms with Gasteiger partial charge in [0.15, 0.2) is 0 Å². The van der Waals surface area contributed by atoms with Crippen LogP contribution in [0.4, 0.5) is 18.9 Å². The molecular weight excluding hydrogens is 361 g/mol. The Morgan fingerprint density at radius 1 is 1.36 bits per heavy atom. The van der Waals surface area contributed by atoms with Crippen molar-refractivity contribution in [2.75, 3.05) is 12.8 Å². The average molecular weight is 374 g/mol. The van der Waals surface area contributed by atoms with Crippen LogP contribution in [-0.4, -0.2) is 34.7 Å². The first kappa shape index (κ1) is 18.8. The van der Waals surface area contributed by atoms with E-state index in [1.807, 2.05) is 0 Å². The zero-order valence-electron chi connectivity index (χ0n) is 12.9. The van der Waals surface area contributed by atoms with Gasteiger partial charge in [0.1, 0.15) is 17.9 Å². The van der Waals surface area contributed by atoms with Crippen molar-refractivity contribution in [2.24, 2.45) is 0 Å². The van der Waals surface area contributed by atoms with Crippen LogP contribution in [0, 0.1) is 10.1 Å². The molecule has 1 aromatic heterocycles. The Bertz CT molecular complexity index is 763. The molecule has 1 heterocycles. The van der Waals surface area contributed by atoms with Gasteiger partial charge in [-0.25, -0.2) is 0 Å². The Labute approximate surface area is 144 Å². The number of nitro benzene ring substituents is 1. The number of furan rings is 1. The van der Waals surface area contributed by atoms with Crippen molar-refractivity contribution in [1.29, 1.82) is 0 Å². The van der Waals surface area contributed by atoms with Crippen LogP contribution >= 0.6 is 11.8 Å². The molecule has 134 valence electrons. The lowest BCUT2D eigenvalue weighted by Crippen LogP contribution is -2.38. The van der Waals surface area contributed by atoms with Gasteiger partial charge in [-0.15, -0.1) is 11.8 Å². The van der Waals surface area contributed by atoms with Crippen LogP contribution in [-0.2, 0) is 6.54 Å². The Hall–Kier alpha value is -2.49. The highest BCUT2D eigenvalue weighted by Gasteiger charge is 2.35. The summed E-state index contributed by atoms with van der Waals surface area (Å²) in [6.45, 7) is -2.00. The van der Waals surface area contributed by atoms with Crippen LogP contribution in [0.1, 0.15) is 16.1 Å². The highest BCUT2D eigenvalue weighted by Crippen LogP contribution is 2.28. The van der Waals surface area contributed by atoms with Crippen LogP contribution in [0.5, 0.6) is 0 Å². The SMILES string of the molecule is CSc1ccc([N+](=O)[O-])c(C(=O)N(Cc2ccco2)CC(F)(F)F)c1. The Kier molecular flexibility index (Phi) is 5.73. The summed E-state index contributed by atoms with van der Waals surface area (Å²) < 4.78 is 43.5. The molecule has 0 fully saturated rings. The minimum Gasteiger partial charge on any atom is -0.467 e. The summed E-state index contributed by atoms with van der Waals surface area (Å²) in [6.07, 6.45) is -1.71. The first-order valence-corrected chi connectivity index (χ1v) is 8.14. The maximum atomic E-state index is 12.9. The second-order valence-corrected chi connectivity index (χ2v) is 5.88. The molecule has 0 aliphatic rings. The molecule has 2 aromatic rings. The molecular formula is C15H13F3N2O4S. The van der Waals surface area contributed by atoms with Gasteiger partial charge in [0.05, 0.1) is 17.7 Å². The Balaban J connectivity index is 2.42. The van der Waals surface area contributed by atoms with Crippen molar-refractivity contribution >= 4 is 23.4 Å². The summed E-state index contributed by atoms with van der Waals surface area (Å²) in [4.78, 5) is 24.0. The molecule has 0 atom stereocenters. The fourth-order valence-electron chi connectivity index (χ4n) is 2.15. The maximum Gasteiger partial charge on any atom is 0.406 e. The van der Waals surface area contributed by atoms with Gasteiger partial charge < -0.3 is 9.32 Å². The molecule has 0 aliphatic carbocycles. The average Bonchev–Trinajstić information content (AvgIpc) is 3.04. The molecule has 0 saturated heterocycles. The van der Waals surface area contributed by atoms with Crippen molar-refractivity contribution in [3.63, 3.8) is 0 Å². The molecule has 1 amide bonds. The number of nitro groups is 1. The number of hydrogen-bond acceptors (Lipinski definition) is 5. The zero-order valence-corrected chi connectivity index (χ0v) is 13.8. The monoisotopic (exact) mass is 374 g/mol. The third kappa shape index (κ3) is 4.99. The first-order valence-electron chi connectivity index (χ1n) is 6.92. The van der Waals surface area contributed by atoms with E-state index in [2.05, 4.69) is 0 Å². The lowest BCUT2D eigenvalue weighted by atomic mass is 10.1. The number of thioether (sulfide) groups is 1. The summed E-state index contributed by atoms with van der Waals surface area (Å²) in [7, 11) is 0. The Morgan fingerprint density at radius 2 is 2.08 bits per heavy atom. The van der Waals surface area contributed by atoms with Gasteiger partial charge in [0, 0.05) is 11.0 Å². The number of amides is 1. The fourth-order valence-corrected chi connectivity index (χ4v) is 2.59. The fraction of sp³-hybridized carbons (Fsp3) is 0.267. The van der Waals surface area contributed by atoms with Gasteiger partial charge in [-0.1, -0.05) is 0 Å². The smallest absolute Gasteiger partial charge is 0.406 e. The van der Waals surface area contributed by atoms with E-state index >= 15 is 0 Å². The number of benzene rings is 1. The normalized spacial score (nSPS) is 11.4. The van der Waals surface area contributed by atoms with Crippen LogP contribution in [0.3, 0.4) is 0 Å². The number of carbonyl (C=O) groups is 1. The molecule has 0 unspecified atom stereocenters. The van der Waals surface area contributed by atoms with E-state index in [0.29, 0.717) is 9.80 Å². The molecule has 6 nitrogen and oxygen atoms in total. The minimum atomic E-state index is -4.66. The first-order chi connectivity index (χ1) is 11.7. The van der Waals surface area contributed by atoms with E-state index in [1.165, 1.54) is 42.3 Å². The Morgan fingerprint density at radius 3 is 2.60 bits per heavy atom. The molecule has 0 bridgehead atoms. The summed E-state index contributed by atoms with van der Waals surface area (Å²) >= 11 is 1.22. The largest absolute Gasteiger partial charge is 0.467 e. The number of halogens is 3. The maximum absolute atomic E-state index is 12.9. The number of hydrogen-bond donors (Lipinski definition) is 0. The van der Waals surface area contributed by atoms with Crippen LogP contribution in [0.2, 0.25) is 0 Å². The van der Waals surface area contributed by atoms with Crippen molar-refractivity contribution in [3.8, 4) is 0 Å². The summed E-state index contributed by atoms with van der Waals surface area (Å²) in [5.41, 5.74) is -0.943. The lowest BCUT2D eigenvalue weighted by Gasteiger charge is -2.23. The molecule has 25 heavy (non-hydrogen) atoms. The van der Waals surface area contributed by atoms with Crippen molar-refractivity contribution in [2.45, 2.75) is 17.6 Å². The number of alkyl halides is 3. The van der Waals surface area contributed by atoms with Gasteiger partial charge in [0.25, 0.3) is 11.6 Å². The minimum absolute atomic E-state index is 0.140. The van der Waals surface area contributed by atoms with Crippen molar-refractivity contribution in [1.82, 2.24) is 4.90 Å². The van der Waals surface area contributed by atoms with Crippen LogP contribution in [0.15, 0.2) is 45.9 Å². The topological polar surface area (TPSA) is 76.6 Å². The number of nitrogens with zero attached hydrogens (tertiary/aromatic N) is 2. The highest BCUT2D eigenvalue weighted by atomic mass is 32.2. The molecule has 0 spiro atoms. The van der Waals surface area contributed by atoms with E-state index in [4.69, 9.17) is 4.42 Å². The third-order valence-electron chi connectivity index (χ3n) is 3.21. The number of carbonyl (C=O) groups excluding carboxylic acids is 1. The van der Waals surface area contributed by atoms with Gasteiger partial charge in [0.2, 0.25) is 0 Å². The molecule has 0 radical (unpaired) electrons.